The number of fused-ring (bicyclic) bond motifs is 3. The maximum Gasteiger partial charge on any atom is 0.407 e. The zero-order chi connectivity index (χ0) is 24.4. The maximum absolute atomic E-state index is 13.0. The Labute approximate surface area is 205 Å². The highest BCUT2D eigenvalue weighted by atomic mass is 16.5. The molecule has 35 heavy (non-hydrogen) atoms. The van der Waals surface area contributed by atoms with Gasteiger partial charge in [0, 0.05) is 24.4 Å². The Morgan fingerprint density at radius 2 is 1.54 bits per heavy atom. The van der Waals surface area contributed by atoms with Crippen molar-refractivity contribution in [3.8, 4) is 11.1 Å². The summed E-state index contributed by atoms with van der Waals surface area (Å²) in [6.07, 6.45) is 4.78. The molecule has 0 aromatic heterocycles. The summed E-state index contributed by atoms with van der Waals surface area (Å²) in [5.41, 5.74) is 4.69. The largest absolute Gasteiger partial charge is 0.480 e. The van der Waals surface area contributed by atoms with Gasteiger partial charge >= 0.3 is 12.1 Å². The van der Waals surface area contributed by atoms with Crippen LogP contribution in [-0.4, -0.2) is 53.2 Å². The van der Waals surface area contributed by atoms with Crippen molar-refractivity contribution < 1.29 is 24.2 Å². The molecule has 1 aliphatic heterocycles. The molecule has 2 aliphatic carbocycles. The van der Waals surface area contributed by atoms with E-state index in [0.717, 1.165) is 36.8 Å². The molecule has 1 atom stereocenters. The van der Waals surface area contributed by atoms with E-state index in [4.69, 9.17) is 4.74 Å². The van der Waals surface area contributed by atoms with Crippen molar-refractivity contribution in [2.24, 2.45) is 5.92 Å². The number of likely N-dealkylation sites (tertiary alicyclic amines) is 1. The molecular formula is C28H32N2O5. The number of nitrogens with zero attached hydrogens (tertiary/aromatic N) is 1. The van der Waals surface area contributed by atoms with Crippen LogP contribution in [0.25, 0.3) is 11.1 Å². The molecule has 3 aliphatic rings. The van der Waals surface area contributed by atoms with E-state index in [9.17, 15) is 19.5 Å². The number of benzene rings is 2. The Bertz CT molecular complexity index is 1060. The van der Waals surface area contributed by atoms with E-state index in [1.165, 1.54) is 11.1 Å². The Balaban J connectivity index is 1.13. The fraction of sp³-hybridized carbons (Fsp3) is 0.464. The lowest BCUT2D eigenvalue weighted by molar-refractivity contribution is -0.154. The number of carbonyl (C=O) groups is 3. The molecule has 2 fully saturated rings. The van der Waals surface area contributed by atoms with E-state index in [1.54, 1.807) is 4.90 Å². The van der Waals surface area contributed by atoms with Crippen molar-refractivity contribution in [3.05, 3.63) is 59.7 Å². The number of hydrogen-bond donors (Lipinski definition) is 2. The van der Waals surface area contributed by atoms with Gasteiger partial charge in [-0.25, -0.2) is 9.59 Å². The lowest BCUT2D eigenvalue weighted by Crippen LogP contribution is -2.54. The third-order valence-electron chi connectivity index (χ3n) is 7.72. The highest BCUT2D eigenvalue weighted by Crippen LogP contribution is 2.44. The van der Waals surface area contributed by atoms with E-state index in [1.807, 2.05) is 24.3 Å². The second-order valence-electron chi connectivity index (χ2n) is 9.92. The molecular weight excluding hydrogens is 444 g/mol. The number of aliphatic carboxylic acids is 1. The zero-order valence-electron chi connectivity index (χ0n) is 19.8. The summed E-state index contributed by atoms with van der Waals surface area (Å²) in [6.45, 7) is 0.750. The Hall–Kier alpha value is -3.35. The predicted molar refractivity (Wildman–Crippen MR) is 131 cm³/mol. The van der Waals surface area contributed by atoms with E-state index in [0.29, 0.717) is 25.8 Å². The van der Waals surface area contributed by atoms with Crippen LogP contribution in [0.5, 0.6) is 0 Å². The smallest absolute Gasteiger partial charge is 0.407 e. The van der Waals surface area contributed by atoms with Crippen molar-refractivity contribution in [2.75, 3.05) is 13.2 Å². The summed E-state index contributed by atoms with van der Waals surface area (Å²) in [7, 11) is 0. The molecule has 7 nitrogen and oxygen atoms in total. The minimum absolute atomic E-state index is 0.00365. The molecule has 1 heterocycles. The monoisotopic (exact) mass is 476 g/mol. The average Bonchev–Trinajstić information content (AvgIpc) is 3.13. The van der Waals surface area contributed by atoms with E-state index in [-0.39, 0.29) is 30.4 Å². The van der Waals surface area contributed by atoms with Crippen molar-refractivity contribution in [1.82, 2.24) is 10.2 Å². The van der Waals surface area contributed by atoms with Gasteiger partial charge in [0.15, 0.2) is 0 Å². The molecule has 1 saturated heterocycles. The number of ether oxygens (including phenoxy) is 1. The standard InChI is InChI=1S/C28H32N2O5/c31-26(30-14-8-2-1-3-13-25(30)27(32)33)18-15-19(16-18)29-28(34)35-17-24-22-11-6-4-9-20(22)21-10-5-7-12-23(21)24/h4-7,9-12,18-19,24-25H,1-3,8,13-17H2,(H,29,34)(H,32,33). The van der Waals surface area contributed by atoms with Crippen LogP contribution in [0.2, 0.25) is 0 Å². The van der Waals surface area contributed by atoms with Gasteiger partial charge in [0.25, 0.3) is 0 Å². The molecule has 7 heteroatoms. The number of rotatable bonds is 5. The summed E-state index contributed by atoms with van der Waals surface area (Å²) in [4.78, 5) is 38.9. The van der Waals surface area contributed by atoms with Crippen LogP contribution in [-0.2, 0) is 14.3 Å². The molecule has 184 valence electrons. The minimum Gasteiger partial charge on any atom is -0.480 e. The van der Waals surface area contributed by atoms with E-state index < -0.39 is 18.1 Å². The fourth-order valence-electron chi connectivity index (χ4n) is 5.78. The van der Waals surface area contributed by atoms with Gasteiger partial charge in [0.2, 0.25) is 5.91 Å². The van der Waals surface area contributed by atoms with Gasteiger partial charge in [-0.15, -0.1) is 0 Å². The summed E-state index contributed by atoms with van der Waals surface area (Å²) >= 11 is 0. The van der Waals surface area contributed by atoms with Gasteiger partial charge in [0.1, 0.15) is 12.6 Å². The van der Waals surface area contributed by atoms with Crippen molar-refractivity contribution in [2.45, 2.75) is 62.9 Å². The lowest BCUT2D eigenvalue weighted by Gasteiger charge is -2.40. The van der Waals surface area contributed by atoms with Crippen LogP contribution in [0.1, 0.15) is 62.0 Å². The van der Waals surface area contributed by atoms with Crippen molar-refractivity contribution in [1.29, 1.82) is 0 Å². The summed E-state index contributed by atoms with van der Waals surface area (Å²) in [6, 6.07) is 15.5. The molecule has 0 spiro atoms. The van der Waals surface area contributed by atoms with Crippen LogP contribution in [0.15, 0.2) is 48.5 Å². The molecule has 0 radical (unpaired) electrons. The Kier molecular flexibility index (Phi) is 6.75. The minimum atomic E-state index is -0.923. The second kappa shape index (κ2) is 10.1. The van der Waals surface area contributed by atoms with Crippen LogP contribution in [0.3, 0.4) is 0 Å². The van der Waals surface area contributed by atoms with Crippen LogP contribution in [0.4, 0.5) is 4.79 Å². The summed E-state index contributed by atoms with van der Waals surface area (Å²) < 4.78 is 5.61. The topological polar surface area (TPSA) is 95.9 Å². The SMILES string of the molecule is O=C(NC1CC(C(=O)N2CCCCCCC2C(=O)O)C1)OCC1c2ccccc2-c2ccccc21. The first-order chi connectivity index (χ1) is 17.0. The third-order valence-corrected chi connectivity index (χ3v) is 7.72. The first kappa shape index (κ1) is 23.4. The quantitative estimate of drug-likeness (QED) is 0.660. The van der Waals surface area contributed by atoms with Crippen LogP contribution >= 0.6 is 0 Å². The number of carbonyl (C=O) groups excluding carboxylic acids is 2. The molecule has 2 aromatic carbocycles. The molecule has 2 N–H and O–H groups in total. The van der Waals surface area contributed by atoms with Crippen LogP contribution < -0.4 is 5.32 Å². The summed E-state index contributed by atoms with van der Waals surface area (Å²) in [5, 5.41) is 12.5. The maximum atomic E-state index is 13.0. The molecule has 1 unspecified atom stereocenters. The highest BCUT2D eigenvalue weighted by Gasteiger charge is 2.41. The number of carboxylic acid groups (broad SMARTS) is 1. The predicted octanol–water partition coefficient (Wildman–Crippen LogP) is 4.55. The first-order valence-corrected chi connectivity index (χ1v) is 12.7. The molecule has 5 rings (SSSR count). The fourth-order valence-corrected chi connectivity index (χ4v) is 5.78. The molecule has 1 saturated carbocycles. The number of nitrogens with one attached hydrogen (secondary N) is 1. The zero-order valence-corrected chi connectivity index (χ0v) is 19.8. The van der Waals surface area contributed by atoms with Gasteiger partial charge in [-0.3, -0.25) is 4.79 Å². The van der Waals surface area contributed by atoms with Crippen LogP contribution in [0, 0.1) is 5.92 Å². The van der Waals surface area contributed by atoms with E-state index in [2.05, 4.69) is 29.6 Å². The van der Waals surface area contributed by atoms with Gasteiger partial charge < -0.3 is 20.1 Å². The van der Waals surface area contributed by atoms with E-state index >= 15 is 0 Å². The Morgan fingerprint density at radius 3 is 2.20 bits per heavy atom. The summed E-state index contributed by atoms with van der Waals surface area (Å²) in [5.74, 6) is -1.25. The Morgan fingerprint density at radius 1 is 0.914 bits per heavy atom. The lowest BCUT2D eigenvalue weighted by atomic mass is 9.79. The van der Waals surface area contributed by atoms with Gasteiger partial charge in [0.05, 0.1) is 0 Å². The van der Waals surface area contributed by atoms with Crippen molar-refractivity contribution in [3.63, 3.8) is 0 Å². The van der Waals surface area contributed by atoms with Crippen molar-refractivity contribution >= 4 is 18.0 Å². The third kappa shape index (κ3) is 4.77. The van der Waals surface area contributed by atoms with Gasteiger partial charge in [-0.2, -0.15) is 0 Å². The average molecular weight is 477 g/mol. The first-order valence-electron chi connectivity index (χ1n) is 12.7. The number of alkyl carbamates (subject to hydrolysis) is 1. The molecule has 2 amide bonds. The number of hydrogen-bond acceptors (Lipinski definition) is 4. The second-order valence-corrected chi connectivity index (χ2v) is 9.92. The highest BCUT2D eigenvalue weighted by molar-refractivity contribution is 5.86. The molecule has 2 aromatic rings. The van der Waals surface area contributed by atoms with Gasteiger partial charge in [-0.1, -0.05) is 67.8 Å². The normalized spacial score (nSPS) is 23.8. The van der Waals surface area contributed by atoms with Gasteiger partial charge in [-0.05, 0) is 47.9 Å². The number of carboxylic acids is 1. The molecule has 0 bridgehead atoms. The number of amides is 2.